The zero-order chi connectivity index (χ0) is 25.4. The Kier molecular flexibility index (Phi) is 5.93. The number of ether oxygens (including phenoxy) is 2. The highest BCUT2D eigenvalue weighted by atomic mass is 16.6. The maximum Gasteiger partial charge on any atom is 0.336 e. The topological polar surface area (TPSA) is 128 Å². The van der Waals surface area contributed by atoms with Gasteiger partial charge in [-0.15, -0.1) is 0 Å². The number of nitrogens with zero attached hydrogens (tertiary/aromatic N) is 3. The third kappa shape index (κ3) is 4.17. The fourth-order valence-electron chi connectivity index (χ4n) is 5.02. The van der Waals surface area contributed by atoms with Crippen molar-refractivity contribution in [2.75, 3.05) is 7.11 Å². The van der Waals surface area contributed by atoms with Gasteiger partial charge in [-0.3, -0.25) is 19.7 Å². The molecule has 10 heteroatoms. The first kappa shape index (κ1) is 23.2. The van der Waals surface area contributed by atoms with Crippen LogP contribution in [0.4, 0.5) is 5.69 Å². The first-order chi connectivity index (χ1) is 17.4. The number of amides is 2. The molecule has 1 saturated heterocycles. The highest BCUT2D eigenvalue weighted by Crippen LogP contribution is 2.52. The van der Waals surface area contributed by atoms with E-state index in [-0.39, 0.29) is 52.7 Å². The summed E-state index contributed by atoms with van der Waals surface area (Å²) in [5.41, 5.74) is 0.921. The van der Waals surface area contributed by atoms with Crippen LogP contribution in [0.25, 0.3) is 6.08 Å². The molecule has 10 nitrogen and oxygen atoms in total. The molecule has 4 atom stereocenters. The second-order valence-corrected chi connectivity index (χ2v) is 8.75. The highest BCUT2D eigenvalue weighted by molar-refractivity contribution is 6.06. The van der Waals surface area contributed by atoms with Gasteiger partial charge in [0.1, 0.15) is 0 Å². The molecule has 0 radical (unpaired) electrons. The SMILES string of the molecule is COc1cc(C=NN2C(=O)[C@@H]3[C@H](C2=O)[C@H]2C=C[C@H]3C2)ccc1OC(=O)/C=C/c1cccc([N+](=O)[O-])c1. The van der Waals surface area contributed by atoms with Gasteiger partial charge in [0, 0.05) is 18.2 Å². The van der Waals surface area contributed by atoms with Crippen molar-refractivity contribution in [1.29, 1.82) is 0 Å². The van der Waals surface area contributed by atoms with E-state index < -0.39 is 10.9 Å². The van der Waals surface area contributed by atoms with E-state index in [1.54, 1.807) is 18.2 Å². The number of carbonyl (C=O) groups excluding carboxylic acids is 3. The molecule has 0 spiro atoms. The third-order valence-electron chi connectivity index (χ3n) is 6.66. The molecule has 2 aliphatic carbocycles. The second-order valence-electron chi connectivity index (χ2n) is 8.75. The number of fused-ring (bicyclic) bond motifs is 5. The molecule has 2 aromatic rings. The maximum atomic E-state index is 12.8. The lowest BCUT2D eigenvalue weighted by Gasteiger charge is -2.13. The first-order valence-corrected chi connectivity index (χ1v) is 11.3. The lowest BCUT2D eigenvalue weighted by atomic mass is 9.85. The van der Waals surface area contributed by atoms with Crippen LogP contribution in [0, 0.1) is 33.8 Å². The smallest absolute Gasteiger partial charge is 0.336 e. The molecular formula is C26H21N3O7. The number of hydrazone groups is 1. The Morgan fingerprint density at radius 2 is 1.78 bits per heavy atom. The van der Waals surface area contributed by atoms with Crippen molar-refractivity contribution in [3.8, 4) is 11.5 Å². The predicted molar refractivity (Wildman–Crippen MR) is 128 cm³/mol. The molecule has 2 fully saturated rings. The average Bonchev–Trinajstić information content (AvgIpc) is 3.56. The summed E-state index contributed by atoms with van der Waals surface area (Å²) in [6.45, 7) is 0. The summed E-state index contributed by atoms with van der Waals surface area (Å²) in [5.74, 6) is -1.29. The Balaban J connectivity index is 1.26. The van der Waals surface area contributed by atoms with Gasteiger partial charge in [-0.2, -0.15) is 10.1 Å². The molecule has 2 amide bonds. The van der Waals surface area contributed by atoms with Crippen molar-refractivity contribution < 1.29 is 28.8 Å². The normalized spacial score (nSPS) is 24.2. The summed E-state index contributed by atoms with van der Waals surface area (Å²) >= 11 is 0. The number of nitro groups is 1. The summed E-state index contributed by atoms with van der Waals surface area (Å²) in [4.78, 5) is 48.2. The van der Waals surface area contributed by atoms with E-state index in [0.717, 1.165) is 17.5 Å². The molecule has 0 N–H and O–H groups in total. The van der Waals surface area contributed by atoms with Crippen molar-refractivity contribution in [3.63, 3.8) is 0 Å². The molecule has 0 aromatic heterocycles. The molecule has 5 rings (SSSR count). The Bertz CT molecular complexity index is 1330. The van der Waals surface area contributed by atoms with Crippen molar-refractivity contribution >= 4 is 35.8 Å². The Hall–Kier alpha value is -4.60. The number of esters is 1. The van der Waals surface area contributed by atoms with E-state index >= 15 is 0 Å². The van der Waals surface area contributed by atoms with E-state index in [1.807, 2.05) is 12.2 Å². The molecule has 182 valence electrons. The van der Waals surface area contributed by atoms with Gasteiger partial charge in [0.15, 0.2) is 11.5 Å². The van der Waals surface area contributed by atoms with Crippen LogP contribution in [0.5, 0.6) is 11.5 Å². The number of hydrogen-bond acceptors (Lipinski definition) is 8. The number of rotatable bonds is 7. The van der Waals surface area contributed by atoms with E-state index in [4.69, 9.17) is 9.47 Å². The van der Waals surface area contributed by atoms with Crippen LogP contribution in [0.2, 0.25) is 0 Å². The fourth-order valence-corrected chi connectivity index (χ4v) is 5.02. The monoisotopic (exact) mass is 487 g/mol. The highest BCUT2D eigenvalue weighted by Gasteiger charge is 2.59. The van der Waals surface area contributed by atoms with Crippen LogP contribution in [0.15, 0.2) is 65.8 Å². The minimum Gasteiger partial charge on any atom is -0.493 e. The molecular weight excluding hydrogens is 466 g/mol. The number of carbonyl (C=O) groups is 3. The average molecular weight is 487 g/mol. The fraction of sp³-hybridized carbons (Fsp3) is 0.231. The van der Waals surface area contributed by atoms with Crippen molar-refractivity contribution in [1.82, 2.24) is 5.01 Å². The summed E-state index contributed by atoms with van der Waals surface area (Å²) in [6, 6.07) is 10.5. The van der Waals surface area contributed by atoms with Gasteiger partial charge in [0.2, 0.25) is 0 Å². The quantitative estimate of drug-likeness (QED) is 0.0856. The Morgan fingerprint density at radius 3 is 2.44 bits per heavy atom. The van der Waals surface area contributed by atoms with Gasteiger partial charge in [-0.1, -0.05) is 24.3 Å². The van der Waals surface area contributed by atoms with Gasteiger partial charge in [0.05, 0.1) is 30.1 Å². The largest absolute Gasteiger partial charge is 0.493 e. The minimum absolute atomic E-state index is 0.0889. The van der Waals surface area contributed by atoms with Crippen LogP contribution < -0.4 is 9.47 Å². The summed E-state index contributed by atoms with van der Waals surface area (Å²) in [7, 11) is 1.41. The summed E-state index contributed by atoms with van der Waals surface area (Å²) in [5, 5.41) is 16.0. The van der Waals surface area contributed by atoms with Crippen LogP contribution in [0.3, 0.4) is 0 Å². The molecule has 1 heterocycles. The molecule has 2 bridgehead atoms. The number of nitro benzene ring substituents is 1. The minimum atomic E-state index is -0.704. The third-order valence-corrected chi connectivity index (χ3v) is 6.66. The van der Waals surface area contributed by atoms with E-state index in [1.165, 1.54) is 43.7 Å². The van der Waals surface area contributed by atoms with Crippen LogP contribution >= 0.6 is 0 Å². The van der Waals surface area contributed by atoms with Crippen molar-refractivity contribution in [2.24, 2.45) is 28.8 Å². The zero-order valence-electron chi connectivity index (χ0n) is 19.1. The molecule has 0 unspecified atom stereocenters. The Morgan fingerprint density at radius 1 is 1.06 bits per heavy atom. The first-order valence-electron chi connectivity index (χ1n) is 11.3. The maximum absolute atomic E-state index is 12.8. The molecule has 36 heavy (non-hydrogen) atoms. The lowest BCUT2D eigenvalue weighted by molar-refractivity contribution is -0.384. The van der Waals surface area contributed by atoms with E-state index in [9.17, 15) is 24.5 Å². The van der Waals surface area contributed by atoms with Crippen molar-refractivity contribution in [2.45, 2.75) is 6.42 Å². The summed E-state index contributed by atoms with van der Waals surface area (Å²) in [6.07, 6.45) is 8.84. The second kappa shape index (κ2) is 9.21. The van der Waals surface area contributed by atoms with Gasteiger partial charge >= 0.3 is 5.97 Å². The zero-order valence-corrected chi connectivity index (χ0v) is 19.1. The number of benzene rings is 2. The number of imide groups is 1. The number of allylic oxidation sites excluding steroid dienone is 2. The Labute approximate surface area is 205 Å². The number of hydrogen-bond donors (Lipinski definition) is 0. The number of non-ortho nitro benzene ring substituents is 1. The molecule has 1 saturated carbocycles. The van der Waals surface area contributed by atoms with Gasteiger partial charge in [-0.05, 0) is 53.7 Å². The molecule has 1 aliphatic heterocycles. The standard InChI is InChI=1S/C26H21N3O7/c1-35-21-12-16(14-27-28-25(31)23-17-7-8-18(13-17)24(23)26(28)32)5-9-20(21)36-22(30)10-6-15-3-2-4-19(11-15)29(33)34/h2-12,14,17-18,23-24H,13H2,1H3/b10-6+,27-14?/t17-,18-,23-,24+/m0/s1. The summed E-state index contributed by atoms with van der Waals surface area (Å²) < 4.78 is 10.6. The van der Waals surface area contributed by atoms with E-state index in [2.05, 4.69) is 5.10 Å². The van der Waals surface area contributed by atoms with E-state index in [0.29, 0.717) is 11.1 Å². The van der Waals surface area contributed by atoms with Crippen LogP contribution in [-0.4, -0.2) is 41.0 Å². The van der Waals surface area contributed by atoms with Gasteiger partial charge < -0.3 is 9.47 Å². The van der Waals surface area contributed by atoms with Gasteiger partial charge in [-0.25, -0.2) is 4.79 Å². The lowest BCUT2D eigenvalue weighted by Crippen LogP contribution is -2.28. The van der Waals surface area contributed by atoms with Crippen LogP contribution in [0.1, 0.15) is 17.5 Å². The van der Waals surface area contributed by atoms with Crippen LogP contribution in [-0.2, 0) is 14.4 Å². The predicted octanol–water partition coefficient (Wildman–Crippen LogP) is 3.36. The van der Waals surface area contributed by atoms with Gasteiger partial charge in [0.25, 0.3) is 17.5 Å². The number of methoxy groups -OCH3 is 1. The molecule has 3 aliphatic rings. The van der Waals surface area contributed by atoms with Crippen molar-refractivity contribution in [3.05, 3.63) is 81.9 Å². The molecule has 2 aromatic carbocycles.